The van der Waals surface area contributed by atoms with Gasteiger partial charge in [0.2, 0.25) is 0 Å². The molecule has 0 unspecified atom stereocenters. The van der Waals surface area contributed by atoms with Crippen LogP contribution >= 0.6 is 11.8 Å². The minimum atomic E-state index is -4.39. The number of sulfonamides is 1. The second-order valence-corrected chi connectivity index (χ2v) is 15.9. The van der Waals surface area contributed by atoms with Gasteiger partial charge in [-0.2, -0.15) is 0 Å². The van der Waals surface area contributed by atoms with Crippen molar-refractivity contribution in [1.82, 2.24) is 9.62 Å². The minimum absolute atomic E-state index is 0.161. The molecule has 1 fully saturated rings. The van der Waals surface area contributed by atoms with E-state index in [-0.39, 0.29) is 16.1 Å². The molecule has 1 amide bonds. The molecule has 1 aliphatic heterocycles. The van der Waals surface area contributed by atoms with Crippen LogP contribution in [0.2, 0.25) is 0 Å². The number of hydrogen-bond donors (Lipinski definition) is 2. The van der Waals surface area contributed by atoms with Gasteiger partial charge in [-0.1, -0.05) is 61.5 Å². The molecule has 11 nitrogen and oxygen atoms in total. The fourth-order valence-electron chi connectivity index (χ4n) is 6.58. The minimum Gasteiger partial charge on any atom is -0.493 e. The maximum atomic E-state index is 13.2. The van der Waals surface area contributed by atoms with Crippen molar-refractivity contribution in [3.05, 3.63) is 142 Å². The van der Waals surface area contributed by atoms with E-state index in [1.54, 1.807) is 23.9 Å². The molecule has 0 radical (unpaired) electrons. The highest BCUT2D eigenvalue weighted by atomic mass is 32.2. The van der Waals surface area contributed by atoms with Crippen LogP contribution in [0.3, 0.4) is 0 Å². The summed E-state index contributed by atoms with van der Waals surface area (Å²) in [5.41, 5.74) is 5.78. The van der Waals surface area contributed by atoms with Crippen LogP contribution < -0.4 is 19.7 Å². The number of hydrogen-bond acceptors (Lipinski definition) is 10. The summed E-state index contributed by atoms with van der Waals surface area (Å²) in [6.07, 6.45) is 0.931. The molecule has 0 aromatic heterocycles. The number of carbonyl (C=O) groups excluding carboxylic acids is 1. The van der Waals surface area contributed by atoms with Crippen molar-refractivity contribution in [1.29, 1.82) is 0 Å². The maximum Gasteiger partial charge on any atom is 0.293 e. The van der Waals surface area contributed by atoms with Crippen molar-refractivity contribution in [2.24, 2.45) is 0 Å². The number of carbonyl (C=O) groups is 1. The van der Waals surface area contributed by atoms with Crippen LogP contribution in [-0.2, 0) is 23.0 Å². The quantitative estimate of drug-likeness (QED) is 0.0441. The van der Waals surface area contributed by atoms with Crippen molar-refractivity contribution in [3.8, 4) is 16.9 Å². The first-order valence-electron chi connectivity index (χ1n) is 18.3. The lowest BCUT2D eigenvalue weighted by Crippen LogP contribution is -2.46. The SMILES string of the molecule is CCOc1ccccc1-c1ccc(CN2CCN(c3ccc(C(=O)NS(=O)(=O)c4ccc(NCCSc5ccccc5)c([N+](=O)[O-])c4)cc3)CC2)c(CC)c1. The molecule has 0 saturated carbocycles. The van der Waals surface area contributed by atoms with E-state index in [0.717, 1.165) is 72.7 Å². The Hall–Kier alpha value is -5.37. The number of nitrogens with zero attached hydrogens (tertiary/aromatic N) is 3. The zero-order valence-corrected chi connectivity index (χ0v) is 32.6. The number of para-hydroxylation sites is 1. The van der Waals surface area contributed by atoms with Crippen LogP contribution in [0.4, 0.5) is 17.1 Å². The summed E-state index contributed by atoms with van der Waals surface area (Å²) in [4.78, 5) is 29.6. The fourth-order valence-corrected chi connectivity index (χ4v) is 8.37. The summed E-state index contributed by atoms with van der Waals surface area (Å²) >= 11 is 1.59. The number of amides is 1. The van der Waals surface area contributed by atoms with Crippen LogP contribution in [0.15, 0.2) is 125 Å². The summed E-state index contributed by atoms with van der Waals surface area (Å²) in [6.45, 7) is 9.42. The Labute approximate surface area is 326 Å². The topological polar surface area (TPSA) is 134 Å². The highest BCUT2D eigenvalue weighted by molar-refractivity contribution is 7.99. The van der Waals surface area contributed by atoms with Gasteiger partial charge in [0.15, 0.2) is 0 Å². The van der Waals surface area contributed by atoms with Gasteiger partial charge < -0.3 is 15.0 Å². The summed E-state index contributed by atoms with van der Waals surface area (Å²) in [6, 6.07) is 35.0. The molecule has 1 aliphatic rings. The predicted molar refractivity (Wildman–Crippen MR) is 220 cm³/mol. The standard InChI is InChI=1S/C42H45N5O6S2/c1-3-31-28-33(38-12-8-9-13-41(38)53-4-2)14-15-34(31)30-45-23-25-46(26-24-45)35-18-16-32(17-19-35)42(48)44-55(51,52)37-20-21-39(40(29-37)47(49)50)43-22-27-54-36-10-6-5-7-11-36/h5-21,28-29,43H,3-4,22-27,30H2,1-2H3,(H,44,48). The lowest BCUT2D eigenvalue weighted by Gasteiger charge is -2.36. The summed E-state index contributed by atoms with van der Waals surface area (Å²) in [5, 5.41) is 14.9. The highest BCUT2D eigenvalue weighted by Crippen LogP contribution is 2.32. The van der Waals surface area contributed by atoms with Crippen molar-refractivity contribution in [2.75, 3.05) is 55.3 Å². The van der Waals surface area contributed by atoms with Gasteiger partial charge >= 0.3 is 0 Å². The first-order valence-corrected chi connectivity index (χ1v) is 20.8. The van der Waals surface area contributed by atoms with Gasteiger partial charge in [0.1, 0.15) is 11.4 Å². The second-order valence-electron chi connectivity index (χ2n) is 13.0. The molecule has 1 saturated heterocycles. The molecule has 0 bridgehead atoms. The molecule has 55 heavy (non-hydrogen) atoms. The number of piperazine rings is 1. The van der Waals surface area contributed by atoms with E-state index in [1.165, 1.54) is 23.3 Å². The Kier molecular flexibility index (Phi) is 13.1. The van der Waals surface area contributed by atoms with Gasteiger partial charge in [0, 0.05) is 72.8 Å². The molecular formula is C42H45N5O6S2. The maximum absolute atomic E-state index is 13.2. The number of thioether (sulfide) groups is 1. The van der Waals surface area contributed by atoms with Gasteiger partial charge in [-0.3, -0.25) is 19.8 Å². The number of nitro groups is 1. The second kappa shape index (κ2) is 18.3. The Morgan fingerprint density at radius 2 is 1.58 bits per heavy atom. The summed E-state index contributed by atoms with van der Waals surface area (Å²) in [7, 11) is -4.39. The molecule has 2 N–H and O–H groups in total. The van der Waals surface area contributed by atoms with Gasteiger partial charge in [-0.25, -0.2) is 13.1 Å². The Balaban J connectivity index is 1.02. The van der Waals surface area contributed by atoms with Crippen LogP contribution in [0.5, 0.6) is 5.75 Å². The first kappa shape index (κ1) is 39.3. The number of nitro benzene ring substituents is 1. The van der Waals surface area contributed by atoms with Crippen LogP contribution in [0.25, 0.3) is 11.1 Å². The normalized spacial score (nSPS) is 13.3. The molecule has 0 aliphatic carbocycles. The highest BCUT2D eigenvalue weighted by Gasteiger charge is 2.25. The Morgan fingerprint density at radius 3 is 2.29 bits per heavy atom. The van der Waals surface area contributed by atoms with E-state index in [2.05, 4.69) is 51.0 Å². The van der Waals surface area contributed by atoms with E-state index < -0.39 is 26.5 Å². The Bertz CT molecular complexity index is 2210. The number of aryl methyl sites for hydroxylation is 1. The monoisotopic (exact) mass is 779 g/mol. The molecule has 0 spiro atoms. The van der Waals surface area contributed by atoms with Gasteiger partial charge in [-0.05, 0) is 84.6 Å². The van der Waals surface area contributed by atoms with Gasteiger partial charge in [0.25, 0.3) is 21.6 Å². The third kappa shape index (κ3) is 10.0. The first-order chi connectivity index (χ1) is 26.6. The number of benzene rings is 5. The smallest absolute Gasteiger partial charge is 0.293 e. The van der Waals surface area contributed by atoms with E-state index in [9.17, 15) is 23.3 Å². The molecule has 0 atom stereocenters. The van der Waals surface area contributed by atoms with Gasteiger partial charge in [-0.15, -0.1) is 11.8 Å². The molecule has 5 aromatic rings. The predicted octanol–water partition coefficient (Wildman–Crippen LogP) is 7.87. The average molecular weight is 780 g/mol. The van der Waals surface area contributed by atoms with Crippen LogP contribution in [0.1, 0.15) is 35.3 Å². The Morgan fingerprint density at radius 1 is 0.855 bits per heavy atom. The van der Waals surface area contributed by atoms with Gasteiger partial charge in [0.05, 0.1) is 16.4 Å². The van der Waals surface area contributed by atoms with Crippen LogP contribution in [0, 0.1) is 10.1 Å². The fraction of sp³-hybridized carbons (Fsp3) is 0.262. The van der Waals surface area contributed by atoms with E-state index >= 15 is 0 Å². The van der Waals surface area contributed by atoms with Crippen LogP contribution in [-0.4, -0.2) is 69.2 Å². The molecule has 1 heterocycles. The lowest BCUT2D eigenvalue weighted by molar-refractivity contribution is -0.384. The zero-order chi connectivity index (χ0) is 38.8. The molecular weight excluding hydrogens is 735 g/mol. The lowest BCUT2D eigenvalue weighted by atomic mass is 9.96. The van der Waals surface area contributed by atoms with Crippen molar-refractivity contribution >= 4 is 44.8 Å². The number of anilines is 2. The zero-order valence-electron chi connectivity index (χ0n) is 30.9. The molecule has 6 rings (SSSR count). The van der Waals surface area contributed by atoms with E-state index in [0.29, 0.717) is 18.9 Å². The van der Waals surface area contributed by atoms with Crippen molar-refractivity contribution in [2.45, 2.75) is 36.6 Å². The third-order valence-corrected chi connectivity index (χ3v) is 11.8. The number of nitrogens with one attached hydrogen (secondary N) is 2. The largest absolute Gasteiger partial charge is 0.493 e. The molecule has 286 valence electrons. The molecule has 13 heteroatoms. The van der Waals surface area contributed by atoms with Crippen molar-refractivity contribution < 1.29 is 22.9 Å². The summed E-state index contributed by atoms with van der Waals surface area (Å²) < 4.78 is 34.3. The van der Waals surface area contributed by atoms with Crippen molar-refractivity contribution in [3.63, 3.8) is 0 Å². The number of ether oxygens (including phenoxy) is 1. The van der Waals surface area contributed by atoms with E-state index in [4.69, 9.17) is 4.74 Å². The number of rotatable bonds is 16. The molecule has 5 aromatic carbocycles. The average Bonchev–Trinajstić information content (AvgIpc) is 3.20. The third-order valence-electron chi connectivity index (χ3n) is 9.48. The summed E-state index contributed by atoms with van der Waals surface area (Å²) in [5.74, 6) is 0.717. The van der Waals surface area contributed by atoms with E-state index in [1.807, 2.05) is 67.6 Å².